The number of fused-ring (bicyclic) bond motifs is 1. The lowest BCUT2D eigenvalue weighted by Crippen LogP contribution is -2.19. The maximum absolute atomic E-state index is 12.7. The highest BCUT2D eigenvalue weighted by Crippen LogP contribution is 2.30. The predicted molar refractivity (Wildman–Crippen MR) is 84.2 cm³/mol. The first-order valence-electron chi connectivity index (χ1n) is 7.01. The van der Waals surface area contributed by atoms with Crippen LogP contribution in [0.2, 0.25) is 0 Å². The number of carbonyl (C=O) groups is 1. The topological polar surface area (TPSA) is 72.9 Å². The van der Waals surface area contributed by atoms with Crippen molar-refractivity contribution >= 4 is 28.2 Å². The Morgan fingerprint density at radius 3 is 2.75 bits per heavy atom. The van der Waals surface area contributed by atoms with Crippen molar-refractivity contribution < 1.29 is 18.0 Å². The Morgan fingerprint density at radius 1 is 1.21 bits per heavy atom. The lowest BCUT2D eigenvalue weighted by atomic mass is 10.2. The zero-order valence-corrected chi connectivity index (χ0v) is 12.3. The summed E-state index contributed by atoms with van der Waals surface area (Å²) >= 11 is 0. The maximum Gasteiger partial charge on any atom is 0.416 e. The van der Waals surface area contributed by atoms with E-state index in [2.05, 4.69) is 10.4 Å². The van der Waals surface area contributed by atoms with E-state index in [1.54, 1.807) is 24.4 Å². The zero-order valence-electron chi connectivity index (χ0n) is 12.3. The number of hydrogen-bond acceptors (Lipinski definition) is 3. The van der Waals surface area contributed by atoms with Crippen molar-refractivity contribution in [3.63, 3.8) is 0 Å². The van der Waals surface area contributed by atoms with Gasteiger partial charge in [0.05, 0.1) is 17.3 Å². The number of amides is 1. The number of rotatable bonds is 3. The minimum absolute atomic E-state index is 0.0748. The fraction of sp³-hybridized carbons (Fsp3) is 0.125. The summed E-state index contributed by atoms with van der Waals surface area (Å²) in [5.74, 6) is -0.484. The minimum atomic E-state index is -4.46. The standard InChI is InChI=1S/C16H13F3N4O/c17-16(18,19)11-2-1-3-13(6-11)22-15(24)9-23-14-7-12(20)5-4-10(14)8-21-23/h1-8H,9,20H2,(H,22,24). The van der Waals surface area contributed by atoms with Crippen LogP contribution >= 0.6 is 0 Å². The molecule has 24 heavy (non-hydrogen) atoms. The van der Waals surface area contributed by atoms with Crippen LogP contribution in [-0.2, 0) is 17.5 Å². The number of nitrogens with two attached hydrogens (primary N) is 1. The van der Waals surface area contributed by atoms with Gasteiger partial charge in [0.1, 0.15) is 6.54 Å². The van der Waals surface area contributed by atoms with E-state index < -0.39 is 17.6 Å². The summed E-state index contributed by atoms with van der Waals surface area (Å²) in [4.78, 5) is 12.1. The van der Waals surface area contributed by atoms with Crippen LogP contribution in [0.5, 0.6) is 0 Å². The summed E-state index contributed by atoms with van der Waals surface area (Å²) in [7, 11) is 0. The van der Waals surface area contributed by atoms with E-state index in [-0.39, 0.29) is 12.2 Å². The number of benzene rings is 2. The molecule has 0 bridgehead atoms. The number of nitrogen functional groups attached to an aromatic ring is 1. The van der Waals surface area contributed by atoms with Crippen molar-refractivity contribution in [1.82, 2.24) is 9.78 Å². The molecular weight excluding hydrogens is 321 g/mol. The van der Waals surface area contributed by atoms with Gasteiger partial charge in [-0.2, -0.15) is 18.3 Å². The molecule has 0 aliphatic carbocycles. The summed E-state index contributed by atoms with van der Waals surface area (Å²) in [6.45, 7) is -0.136. The van der Waals surface area contributed by atoms with E-state index in [1.807, 2.05) is 0 Å². The zero-order chi connectivity index (χ0) is 17.3. The molecule has 3 rings (SSSR count). The van der Waals surface area contributed by atoms with Crippen molar-refractivity contribution in [2.75, 3.05) is 11.1 Å². The number of halogens is 3. The van der Waals surface area contributed by atoms with E-state index in [1.165, 1.54) is 16.8 Å². The fourth-order valence-electron chi connectivity index (χ4n) is 2.32. The number of nitrogens with one attached hydrogen (secondary N) is 1. The third-order valence-electron chi connectivity index (χ3n) is 3.44. The molecule has 5 nitrogen and oxygen atoms in total. The summed E-state index contributed by atoms with van der Waals surface area (Å²) in [6, 6.07) is 9.64. The molecule has 0 atom stereocenters. The average Bonchev–Trinajstić information content (AvgIpc) is 2.89. The molecule has 1 heterocycles. The summed E-state index contributed by atoms with van der Waals surface area (Å²) in [6.07, 6.45) is -2.87. The van der Waals surface area contributed by atoms with Gasteiger partial charge in [-0.05, 0) is 36.4 Å². The normalized spacial score (nSPS) is 11.6. The smallest absolute Gasteiger partial charge is 0.399 e. The van der Waals surface area contributed by atoms with E-state index in [0.717, 1.165) is 17.5 Å². The van der Waals surface area contributed by atoms with Crippen LogP contribution in [0.25, 0.3) is 10.9 Å². The highest BCUT2D eigenvalue weighted by molar-refractivity contribution is 5.92. The van der Waals surface area contributed by atoms with Crippen molar-refractivity contribution in [3.8, 4) is 0 Å². The second kappa shape index (κ2) is 5.88. The molecule has 3 aromatic rings. The number of carbonyl (C=O) groups excluding carboxylic acids is 1. The quantitative estimate of drug-likeness (QED) is 0.722. The first-order valence-corrected chi connectivity index (χ1v) is 7.01. The Balaban J connectivity index is 1.77. The number of alkyl halides is 3. The highest BCUT2D eigenvalue weighted by Gasteiger charge is 2.30. The summed E-state index contributed by atoms with van der Waals surface area (Å²) < 4.78 is 39.5. The van der Waals surface area contributed by atoms with E-state index in [9.17, 15) is 18.0 Å². The lowest BCUT2D eigenvalue weighted by Gasteiger charge is -2.10. The van der Waals surface area contributed by atoms with Gasteiger partial charge in [-0.3, -0.25) is 9.48 Å². The van der Waals surface area contributed by atoms with Crippen molar-refractivity contribution in [1.29, 1.82) is 0 Å². The van der Waals surface area contributed by atoms with Gasteiger partial charge in [-0.25, -0.2) is 0 Å². The average molecular weight is 334 g/mol. The molecule has 2 aromatic carbocycles. The van der Waals surface area contributed by atoms with Gasteiger partial charge in [-0.15, -0.1) is 0 Å². The molecule has 0 radical (unpaired) electrons. The Bertz CT molecular complexity index is 902. The van der Waals surface area contributed by atoms with Crippen LogP contribution in [0.15, 0.2) is 48.7 Å². The van der Waals surface area contributed by atoms with Gasteiger partial charge < -0.3 is 11.1 Å². The van der Waals surface area contributed by atoms with E-state index >= 15 is 0 Å². The van der Waals surface area contributed by atoms with Gasteiger partial charge in [0.25, 0.3) is 0 Å². The molecule has 1 amide bonds. The monoisotopic (exact) mass is 334 g/mol. The molecule has 0 aliphatic heterocycles. The largest absolute Gasteiger partial charge is 0.416 e. The Hall–Kier alpha value is -3.03. The Morgan fingerprint density at radius 2 is 2.00 bits per heavy atom. The van der Waals surface area contributed by atoms with Crippen molar-refractivity contribution in [2.24, 2.45) is 0 Å². The fourth-order valence-corrected chi connectivity index (χ4v) is 2.32. The number of anilines is 2. The van der Waals surface area contributed by atoms with Crippen LogP contribution in [0.4, 0.5) is 24.5 Å². The van der Waals surface area contributed by atoms with Crippen molar-refractivity contribution in [2.45, 2.75) is 12.7 Å². The third kappa shape index (κ3) is 3.32. The third-order valence-corrected chi connectivity index (χ3v) is 3.44. The summed E-state index contributed by atoms with van der Waals surface area (Å²) in [5.41, 5.74) is 6.17. The number of hydrogen-bond donors (Lipinski definition) is 2. The van der Waals surface area contributed by atoms with Crippen LogP contribution in [0.1, 0.15) is 5.56 Å². The molecule has 124 valence electrons. The molecule has 8 heteroatoms. The summed E-state index contributed by atoms with van der Waals surface area (Å²) in [5, 5.41) is 7.35. The number of nitrogens with zero attached hydrogens (tertiary/aromatic N) is 2. The SMILES string of the molecule is Nc1ccc2cnn(CC(=O)Nc3cccc(C(F)(F)F)c3)c2c1. The molecule has 3 N–H and O–H groups in total. The van der Waals surface area contributed by atoms with Crippen LogP contribution in [0.3, 0.4) is 0 Å². The molecule has 1 aromatic heterocycles. The van der Waals surface area contributed by atoms with E-state index in [4.69, 9.17) is 5.73 Å². The highest BCUT2D eigenvalue weighted by atomic mass is 19.4. The molecule has 0 unspecified atom stereocenters. The van der Waals surface area contributed by atoms with Crippen LogP contribution in [0, 0.1) is 0 Å². The van der Waals surface area contributed by atoms with Crippen molar-refractivity contribution in [3.05, 3.63) is 54.2 Å². The first kappa shape index (κ1) is 15.9. The Labute approximate surface area is 134 Å². The second-order valence-electron chi connectivity index (χ2n) is 5.25. The van der Waals surface area contributed by atoms with Gasteiger partial charge in [0.2, 0.25) is 5.91 Å². The molecule has 0 fully saturated rings. The van der Waals surface area contributed by atoms with Crippen LogP contribution in [-0.4, -0.2) is 15.7 Å². The van der Waals surface area contributed by atoms with Gasteiger partial charge in [0.15, 0.2) is 0 Å². The lowest BCUT2D eigenvalue weighted by molar-refractivity contribution is -0.137. The molecule has 0 saturated carbocycles. The van der Waals surface area contributed by atoms with Crippen LogP contribution < -0.4 is 11.1 Å². The Kier molecular flexibility index (Phi) is 3.88. The minimum Gasteiger partial charge on any atom is -0.399 e. The van der Waals surface area contributed by atoms with Gasteiger partial charge in [0, 0.05) is 16.8 Å². The predicted octanol–water partition coefficient (Wildman–Crippen LogP) is 3.28. The van der Waals surface area contributed by atoms with Gasteiger partial charge >= 0.3 is 6.18 Å². The van der Waals surface area contributed by atoms with Gasteiger partial charge in [-0.1, -0.05) is 6.07 Å². The maximum atomic E-state index is 12.7. The first-order chi connectivity index (χ1) is 11.3. The molecular formula is C16H13F3N4O. The molecule has 0 aliphatic rings. The van der Waals surface area contributed by atoms with E-state index in [0.29, 0.717) is 11.2 Å². The molecule has 0 spiro atoms. The molecule has 0 saturated heterocycles. The second-order valence-corrected chi connectivity index (χ2v) is 5.25. The number of aromatic nitrogens is 2.